The van der Waals surface area contributed by atoms with Crippen LogP contribution in [0.25, 0.3) is 22.3 Å². The van der Waals surface area contributed by atoms with Crippen LogP contribution in [0.1, 0.15) is 0 Å². The molecule has 10 heteroatoms. The van der Waals surface area contributed by atoms with Gasteiger partial charge in [0.2, 0.25) is 5.95 Å². The highest BCUT2D eigenvalue weighted by Gasteiger charge is 2.13. The minimum absolute atomic E-state index is 0.459. The predicted molar refractivity (Wildman–Crippen MR) is 122 cm³/mol. The van der Waals surface area contributed by atoms with E-state index in [9.17, 15) is 0 Å². The van der Waals surface area contributed by atoms with Crippen molar-refractivity contribution in [2.24, 2.45) is 0 Å². The van der Waals surface area contributed by atoms with E-state index in [-0.39, 0.29) is 0 Å². The molecule has 3 heterocycles. The van der Waals surface area contributed by atoms with Crippen molar-refractivity contribution in [1.29, 1.82) is 0 Å². The molecule has 32 heavy (non-hydrogen) atoms. The topological polar surface area (TPSA) is 126 Å². The number of hydrogen-bond acceptors (Lipinski definition) is 8. The molecule has 0 unspecified atom stereocenters. The Kier molecular flexibility index (Phi) is 5.00. The maximum absolute atomic E-state index is 5.41. The van der Waals surface area contributed by atoms with Gasteiger partial charge in [0, 0.05) is 23.3 Å². The summed E-state index contributed by atoms with van der Waals surface area (Å²) in [5.74, 6) is 3.02. The number of pyridine rings is 1. The molecule has 0 spiro atoms. The molecule has 0 fully saturated rings. The SMILES string of the molecule is COc1ccc(OC)c(Nc2nnc(-c3cccnc3Nc3ccc4cn[nH]c4c3)[nH]2)c1. The van der Waals surface area contributed by atoms with E-state index < -0.39 is 0 Å². The van der Waals surface area contributed by atoms with Gasteiger partial charge in [0.1, 0.15) is 17.3 Å². The molecule has 2 aromatic carbocycles. The van der Waals surface area contributed by atoms with Gasteiger partial charge in [-0.05, 0) is 42.5 Å². The Bertz CT molecular complexity index is 1380. The third-order valence-electron chi connectivity index (χ3n) is 4.91. The van der Waals surface area contributed by atoms with Crippen molar-refractivity contribution in [3.05, 3.63) is 60.9 Å². The molecule has 0 amide bonds. The van der Waals surface area contributed by atoms with E-state index in [4.69, 9.17) is 9.47 Å². The second-order valence-corrected chi connectivity index (χ2v) is 6.91. The molecule has 0 saturated carbocycles. The minimum Gasteiger partial charge on any atom is -0.497 e. The van der Waals surface area contributed by atoms with Crippen LogP contribution in [0.4, 0.5) is 23.1 Å². The monoisotopic (exact) mass is 428 g/mol. The van der Waals surface area contributed by atoms with Gasteiger partial charge in [0.05, 0.1) is 37.2 Å². The molecular formula is C22H20N8O2. The number of anilines is 4. The van der Waals surface area contributed by atoms with Gasteiger partial charge in [0.15, 0.2) is 5.82 Å². The normalized spacial score (nSPS) is 10.8. The van der Waals surface area contributed by atoms with Crippen LogP contribution < -0.4 is 20.1 Å². The number of methoxy groups -OCH3 is 2. The Labute approximate surface area is 183 Å². The van der Waals surface area contributed by atoms with E-state index >= 15 is 0 Å². The molecule has 0 aliphatic carbocycles. The summed E-state index contributed by atoms with van der Waals surface area (Å²) in [5.41, 5.74) is 3.29. The lowest BCUT2D eigenvalue weighted by Crippen LogP contribution is -1.98. The Hall–Kier alpha value is -4.60. The summed E-state index contributed by atoms with van der Waals surface area (Å²) in [7, 11) is 3.21. The molecule has 5 rings (SSSR count). The maximum Gasteiger partial charge on any atom is 0.226 e. The number of hydrogen-bond donors (Lipinski definition) is 4. The third kappa shape index (κ3) is 3.76. The second kappa shape index (κ2) is 8.26. The van der Waals surface area contributed by atoms with Gasteiger partial charge >= 0.3 is 0 Å². The van der Waals surface area contributed by atoms with Crippen LogP contribution in [0, 0.1) is 0 Å². The number of fused-ring (bicyclic) bond motifs is 1. The van der Waals surface area contributed by atoms with Crippen LogP contribution in [-0.2, 0) is 0 Å². The minimum atomic E-state index is 0.459. The lowest BCUT2D eigenvalue weighted by Gasteiger charge is -2.11. The van der Waals surface area contributed by atoms with Gasteiger partial charge in [0.25, 0.3) is 0 Å². The molecule has 0 radical (unpaired) electrons. The van der Waals surface area contributed by atoms with Crippen molar-refractivity contribution in [3.8, 4) is 22.9 Å². The van der Waals surface area contributed by atoms with Crippen LogP contribution >= 0.6 is 0 Å². The fourth-order valence-electron chi connectivity index (χ4n) is 3.33. The number of rotatable bonds is 7. The highest BCUT2D eigenvalue weighted by atomic mass is 16.5. The first-order valence-corrected chi connectivity index (χ1v) is 9.81. The zero-order valence-corrected chi connectivity index (χ0v) is 17.4. The summed E-state index contributed by atoms with van der Waals surface area (Å²) in [6, 6.07) is 15.2. The van der Waals surface area contributed by atoms with Gasteiger partial charge < -0.3 is 25.1 Å². The highest BCUT2D eigenvalue weighted by Crippen LogP contribution is 2.32. The molecule has 0 aliphatic heterocycles. The fourth-order valence-corrected chi connectivity index (χ4v) is 3.33. The summed E-state index contributed by atoms with van der Waals surface area (Å²) in [4.78, 5) is 7.67. The van der Waals surface area contributed by atoms with Crippen molar-refractivity contribution in [3.63, 3.8) is 0 Å². The quantitative estimate of drug-likeness (QED) is 0.303. The van der Waals surface area contributed by atoms with Crippen molar-refractivity contribution < 1.29 is 9.47 Å². The first-order chi connectivity index (χ1) is 15.7. The van der Waals surface area contributed by atoms with Gasteiger partial charge in [-0.2, -0.15) is 5.10 Å². The van der Waals surface area contributed by atoms with Gasteiger partial charge in [-0.1, -0.05) is 0 Å². The van der Waals surface area contributed by atoms with Gasteiger partial charge in [-0.15, -0.1) is 10.2 Å². The van der Waals surface area contributed by atoms with Crippen molar-refractivity contribution in [2.75, 3.05) is 24.9 Å². The van der Waals surface area contributed by atoms with E-state index in [1.807, 2.05) is 48.5 Å². The predicted octanol–water partition coefficient (Wildman–Crippen LogP) is 4.25. The third-order valence-corrected chi connectivity index (χ3v) is 4.91. The standard InChI is InChI=1S/C22H20N8O2/c1-31-15-7-8-19(32-2)18(11-15)26-22-27-21(29-30-22)16-4-3-9-23-20(16)25-14-6-5-13-12-24-28-17(13)10-14/h3-12H,1-2H3,(H,23,25)(H,24,28)(H2,26,27,29,30). The number of ether oxygens (including phenoxy) is 2. The first kappa shape index (κ1) is 19.4. The number of aromatic nitrogens is 6. The zero-order chi connectivity index (χ0) is 21.9. The molecule has 5 aromatic rings. The average molecular weight is 428 g/mol. The maximum atomic E-state index is 5.41. The molecule has 4 N–H and O–H groups in total. The number of aromatic amines is 2. The summed E-state index contributed by atoms with van der Waals surface area (Å²) in [6.45, 7) is 0. The molecule has 0 aliphatic rings. The first-order valence-electron chi connectivity index (χ1n) is 9.81. The average Bonchev–Trinajstić information content (AvgIpc) is 3.48. The number of H-pyrrole nitrogens is 2. The van der Waals surface area contributed by atoms with Crippen molar-refractivity contribution >= 4 is 34.0 Å². The summed E-state index contributed by atoms with van der Waals surface area (Å²) >= 11 is 0. The van der Waals surface area contributed by atoms with E-state index in [0.717, 1.165) is 22.2 Å². The van der Waals surface area contributed by atoms with Crippen LogP contribution in [0.3, 0.4) is 0 Å². The Balaban J connectivity index is 1.42. The largest absolute Gasteiger partial charge is 0.497 e. The lowest BCUT2D eigenvalue weighted by atomic mass is 10.2. The molecule has 10 nitrogen and oxygen atoms in total. The summed E-state index contributed by atoms with van der Waals surface area (Å²) in [5, 5.41) is 23.1. The fraction of sp³-hybridized carbons (Fsp3) is 0.0909. The van der Waals surface area contributed by atoms with Gasteiger partial charge in [-0.25, -0.2) is 4.98 Å². The van der Waals surface area contributed by atoms with Gasteiger partial charge in [-0.3, -0.25) is 5.10 Å². The highest BCUT2D eigenvalue weighted by molar-refractivity contribution is 5.84. The number of benzene rings is 2. The zero-order valence-electron chi connectivity index (χ0n) is 17.4. The smallest absolute Gasteiger partial charge is 0.226 e. The van der Waals surface area contributed by atoms with E-state index in [2.05, 4.69) is 41.0 Å². The van der Waals surface area contributed by atoms with E-state index in [1.54, 1.807) is 26.6 Å². The molecular weight excluding hydrogens is 408 g/mol. The molecule has 0 atom stereocenters. The molecule has 0 saturated heterocycles. The van der Waals surface area contributed by atoms with Crippen LogP contribution in [0.5, 0.6) is 11.5 Å². The van der Waals surface area contributed by atoms with Crippen LogP contribution in [0.15, 0.2) is 60.9 Å². The van der Waals surface area contributed by atoms with Crippen molar-refractivity contribution in [1.82, 2.24) is 30.4 Å². The molecule has 160 valence electrons. The van der Waals surface area contributed by atoms with E-state index in [0.29, 0.717) is 34.8 Å². The second-order valence-electron chi connectivity index (χ2n) is 6.91. The molecule has 3 aromatic heterocycles. The number of nitrogens with one attached hydrogen (secondary N) is 4. The van der Waals surface area contributed by atoms with Crippen molar-refractivity contribution in [2.45, 2.75) is 0 Å². The Morgan fingerprint density at radius 3 is 2.75 bits per heavy atom. The van der Waals surface area contributed by atoms with Crippen LogP contribution in [0.2, 0.25) is 0 Å². The summed E-state index contributed by atoms with van der Waals surface area (Å²) < 4.78 is 10.7. The summed E-state index contributed by atoms with van der Waals surface area (Å²) in [6.07, 6.45) is 3.50. The number of nitrogens with zero attached hydrogens (tertiary/aromatic N) is 4. The van der Waals surface area contributed by atoms with E-state index in [1.165, 1.54) is 0 Å². The lowest BCUT2D eigenvalue weighted by molar-refractivity contribution is 0.405. The Morgan fingerprint density at radius 2 is 1.88 bits per heavy atom. The van der Waals surface area contributed by atoms with Crippen LogP contribution in [-0.4, -0.2) is 44.6 Å². The molecule has 0 bridgehead atoms. The Morgan fingerprint density at radius 1 is 0.938 bits per heavy atom.